The summed E-state index contributed by atoms with van der Waals surface area (Å²) < 4.78 is 55.8. The highest BCUT2D eigenvalue weighted by molar-refractivity contribution is 7.54. The Bertz CT molecular complexity index is 1180. The lowest BCUT2D eigenvalue weighted by Gasteiger charge is -2.30. The topological polar surface area (TPSA) is 287 Å². The minimum atomic E-state index is -3.32. The smallest absolute Gasteiger partial charge is 0.378 e. The van der Waals surface area contributed by atoms with Gasteiger partial charge in [-0.1, -0.05) is 19.1 Å². The fourth-order valence-electron chi connectivity index (χ4n) is 4.62. The fraction of sp³-hybridized carbons (Fsp3) is 0.735. The van der Waals surface area contributed by atoms with Gasteiger partial charge in [-0.15, -0.1) is 0 Å². The minimum absolute atomic E-state index is 0.0942. The van der Waals surface area contributed by atoms with Gasteiger partial charge in [-0.25, -0.2) is 22.3 Å². The molecule has 0 bridgehead atoms. The summed E-state index contributed by atoms with van der Waals surface area (Å²) in [6.07, 6.45) is 0.265. The molecule has 1 aromatic rings. The normalized spacial score (nSPS) is 12.9. The van der Waals surface area contributed by atoms with Crippen LogP contribution in [0.4, 0.5) is 0 Å². The van der Waals surface area contributed by atoms with Crippen molar-refractivity contribution in [2.24, 2.45) is 17.7 Å². The van der Waals surface area contributed by atoms with Gasteiger partial charge in [-0.2, -0.15) is 0 Å². The van der Waals surface area contributed by atoms with Crippen molar-refractivity contribution in [3.05, 3.63) is 29.8 Å². The average Bonchev–Trinajstić information content (AvgIpc) is 3.21. The summed E-state index contributed by atoms with van der Waals surface area (Å²) in [5, 5.41) is 8.39. The monoisotopic (exact) mass is 841 g/mol. The SMILES string of the molecule is CCP(=O)(OC)Oc1ccc(CC(C(=O)NCCOCCOCCON)N(CC(=O)NCCOCCOCCON)CC(=O)NCCOCCOCCON)cc1. The Morgan fingerprint density at radius 2 is 1.00 bits per heavy atom. The van der Waals surface area contributed by atoms with E-state index in [9.17, 15) is 18.9 Å². The first-order valence-corrected chi connectivity index (χ1v) is 20.3. The van der Waals surface area contributed by atoms with Crippen LogP contribution in [-0.2, 0) is 72.8 Å². The molecule has 0 saturated carbocycles. The third-order valence-electron chi connectivity index (χ3n) is 7.53. The van der Waals surface area contributed by atoms with Gasteiger partial charge in [-0.3, -0.25) is 19.3 Å². The van der Waals surface area contributed by atoms with E-state index >= 15 is 0 Å². The fourth-order valence-corrected chi connectivity index (χ4v) is 5.53. The maximum Gasteiger partial charge on any atom is 0.378 e. The zero-order chi connectivity index (χ0) is 41.8. The summed E-state index contributed by atoms with van der Waals surface area (Å²) in [7, 11) is -2.01. The van der Waals surface area contributed by atoms with Gasteiger partial charge in [0.1, 0.15) is 5.75 Å². The first kappa shape index (κ1) is 52.1. The molecule has 1 rings (SSSR count). The standard InChI is InChI=1S/C34H64N7O15P/c1-3-57(45,46-2)56-30-6-4-29(5-7-30)26-31(34(44)40-10-13-49-16-19-52-22-25-55-37)41(27-32(42)38-8-11-47-14-17-50-20-23-53-35)28-33(43)39-9-12-48-15-18-51-21-24-54-36/h4-7,31H,3,8-28,35-37H2,1-2H3,(H,38,42)(H,39,43)(H,40,44). The molecule has 0 spiro atoms. The van der Waals surface area contributed by atoms with Crippen molar-refractivity contribution in [3.8, 4) is 5.75 Å². The van der Waals surface area contributed by atoms with Crippen molar-refractivity contribution in [3.63, 3.8) is 0 Å². The largest absolute Gasteiger partial charge is 0.424 e. The third kappa shape index (κ3) is 27.4. The number of rotatable bonds is 39. The van der Waals surface area contributed by atoms with E-state index in [0.717, 1.165) is 0 Å². The number of carbonyl (C=O) groups excluding carboxylic acids is 3. The highest BCUT2D eigenvalue weighted by Crippen LogP contribution is 2.46. The molecule has 0 saturated heterocycles. The lowest BCUT2D eigenvalue weighted by atomic mass is 10.0. The molecule has 2 atom stereocenters. The van der Waals surface area contributed by atoms with Crippen molar-refractivity contribution in [1.82, 2.24) is 20.9 Å². The summed E-state index contributed by atoms with van der Waals surface area (Å²) in [6.45, 7) is 5.68. The number of nitrogens with two attached hydrogens (primary N) is 3. The molecule has 0 radical (unpaired) electrons. The lowest BCUT2D eigenvalue weighted by Crippen LogP contribution is -2.54. The average molecular weight is 842 g/mol. The molecule has 57 heavy (non-hydrogen) atoms. The van der Waals surface area contributed by atoms with E-state index in [0.29, 0.717) is 64.2 Å². The van der Waals surface area contributed by atoms with Gasteiger partial charge in [0.2, 0.25) is 17.7 Å². The first-order chi connectivity index (χ1) is 27.7. The van der Waals surface area contributed by atoms with E-state index in [1.807, 2.05) is 0 Å². The number of carbonyl (C=O) groups is 3. The number of hydrogen-bond donors (Lipinski definition) is 6. The predicted molar refractivity (Wildman–Crippen MR) is 206 cm³/mol. The molecule has 9 N–H and O–H groups in total. The van der Waals surface area contributed by atoms with Crippen LogP contribution < -0.4 is 38.2 Å². The van der Waals surface area contributed by atoms with Gasteiger partial charge in [-0.05, 0) is 24.1 Å². The number of benzene rings is 1. The maximum absolute atomic E-state index is 13.9. The van der Waals surface area contributed by atoms with Crippen LogP contribution in [0.15, 0.2) is 24.3 Å². The zero-order valence-electron chi connectivity index (χ0n) is 33.2. The Morgan fingerprint density at radius 3 is 1.39 bits per heavy atom. The second-order valence-corrected chi connectivity index (χ2v) is 14.1. The van der Waals surface area contributed by atoms with Crippen LogP contribution in [0.5, 0.6) is 5.75 Å². The van der Waals surface area contributed by atoms with Crippen LogP contribution >= 0.6 is 7.60 Å². The van der Waals surface area contributed by atoms with Crippen molar-refractivity contribution < 1.29 is 70.9 Å². The number of nitrogens with zero attached hydrogens (tertiary/aromatic N) is 1. The maximum atomic E-state index is 13.9. The molecular formula is C34H64N7O15P. The summed E-state index contributed by atoms with van der Waals surface area (Å²) in [5.41, 5.74) is 0.675. The Balaban J connectivity index is 3.05. The number of amides is 3. The van der Waals surface area contributed by atoms with Crippen molar-refractivity contribution in [1.29, 1.82) is 0 Å². The highest BCUT2D eigenvalue weighted by atomic mass is 31.2. The van der Waals surface area contributed by atoms with Gasteiger partial charge in [0.05, 0.1) is 124 Å². The van der Waals surface area contributed by atoms with E-state index in [1.54, 1.807) is 31.2 Å². The molecule has 23 heteroatoms. The Labute approximate surface area is 334 Å². The molecule has 0 aliphatic heterocycles. The van der Waals surface area contributed by atoms with Gasteiger partial charge in [0.15, 0.2) is 0 Å². The molecule has 0 fully saturated rings. The van der Waals surface area contributed by atoms with Crippen LogP contribution in [0, 0.1) is 0 Å². The molecule has 22 nitrogen and oxygen atoms in total. The molecule has 2 unspecified atom stereocenters. The summed E-state index contributed by atoms with van der Waals surface area (Å²) in [5.74, 6) is 13.9. The molecule has 0 aliphatic carbocycles. The van der Waals surface area contributed by atoms with E-state index < -0.39 is 31.4 Å². The van der Waals surface area contributed by atoms with Gasteiger partial charge < -0.3 is 67.9 Å². The number of ether oxygens (including phenoxy) is 6. The second kappa shape index (κ2) is 35.1. The molecular weight excluding hydrogens is 777 g/mol. The van der Waals surface area contributed by atoms with E-state index in [-0.39, 0.29) is 91.6 Å². The Morgan fingerprint density at radius 1 is 0.614 bits per heavy atom. The lowest BCUT2D eigenvalue weighted by molar-refractivity contribution is -0.131. The highest BCUT2D eigenvalue weighted by Gasteiger charge is 2.30. The molecule has 0 heterocycles. The Hall–Kier alpha value is -2.90. The summed E-state index contributed by atoms with van der Waals surface area (Å²) in [6, 6.07) is 5.64. The van der Waals surface area contributed by atoms with Crippen LogP contribution in [-0.4, -0.2) is 174 Å². The van der Waals surface area contributed by atoms with Crippen LogP contribution in [0.1, 0.15) is 12.5 Å². The Kier molecular flexibility index (Phi) is 32.1. The van der Waals surface area contributed by atoms with Gasteiger partial charge in [0.25, 0.3) is 0 Å². The first-order valence-electron chi connectivity index (χ1n) is 18.6. The second-order valence-electron chi connectivity index (χ2n) is 11.7. The molecule has 3 amide bonds. The van der Waals surface area contributed by atoms with Crippen LogP contribution in [0.3, 0.4) is 0 Å². The van der Waals surface area contributed by atoms with Crippen molar-refractivity contribution in [2.75, 3.05) is 145 Å². The third-order valence-corrected chi connectivity index (χ3v) is 9.35. The molecule has 0 aromatic heterocycles. The zero-order valence-corrected chi connectivity index (χ0v) is 34.1. The molecule has 0 aliphatic rings. The van der Waals surface area contributed by atoms with Gasteiger partial charge >= 0.3 is 7.60 Å². The van der Waals surface area contributed by atoms with E-state index in [1.165, 1.54) is 12.0 Å². The van der Waals surface area contributed by atoms with Crippen molar-refractivity contribution in [2.45, 2.75) is 19.4 Å². The summed E-state index contributed by atoms with van der Waals surface area (Å²) in [4.78, 5) is 55.1. The molecule has 1 aromatic carbocycles. The van der Waals surface area contributed by atoms with Crippen molar-refractivity contribution >= 4 is 25.3 Å². The quantitative estimate of drug-likeness (QED) is 0.0244. The summed E-state index contributed by atoms with van der Waals surface area (Å²) >= 11 is 0. The van der Waals surface area contributed by atoms with Gasteiger partial charge in [0, 0.05) is 26.7 Å². The van der Waals surface area contributed by atoms with E-state index in [4.69, 9.17) is 55.2 Å². The molecule has 330 valence electrons. The van der Waals surface area contributed by atoms with Crippen LogP contribution in [0.25, 0.3) is 0 Å². The predicted octanol–water partition coefficient (Wildman–Crippen LogP) is -1.74. The number of hydrogen-bond acceptors (Lipinski definition) is 19. The van der Waals surface area contributed by atoms with E-state index in [2.05, 4.69) is 30.5 Å². The number of nitrogens with one attached hydrogen (secondary N) is 3. The van der Waals surface area contributed by atoms with Crippen LogP contribution in [0.2, 0.25) is 0 Å². The minimum Gasteiger partial charge on any atom is -0.424 e.